The molecule has 1 aliphatic rings. The van der Waals surface area contributed by atoms with Crippen molar-refractivity contribution in [1.82, 2.24) is 14.9 Å². The van der Waals surface area contributed by atoms with Crippen LogP contribution in [-0.2, 0) is 25.7 Å². The fourth-order valence-corrected chi connectivity index (χ4v) is 4.88. The summed E-state index contributed by atoms with van der Waals surface area (Å²) in [5.41, 5.74) is 1.73. The predicted octanol–water partition coefficient (Wildman–Crippen LogP) is 5.48. The highest BCUT2D eigenvalue weighted by molar-refractivity contribution is 7.12. The molecule has 3 heterocycles. The number of benzene rings is 2. The third-order valence-corrected chi connectivity index (χ3v) is 6.76. The lowest BCUT2D eigenvalue weighted by Crippen LogP contribution is -2.35. The molecule has 0 fully saturated rings. The Morgan fingerprint density at radius 2 is 1.77 bits per heavy atom. The molecule has 0 saturated heterocycles. The summed E-state index contributed by atoms with van der Waals surface area (Å²) in [6.45, 7) is 1.91. The van der Waals surface area contributed by atoms with Crippen LogP contribution < -0.4 is 5.56 Å². The first-order valence-corrected chi connectivity index (χ1v) is 11.8. The van der Waals surface area contributed by atoms with Gasteiger partial charge in [-0.15, -0.1) is 11.3 Å². The molecule has 0 radical (unpaired) electrons. The van der Waals surface area contributed by atoms with E-state index in [1.165, 1.54) is 12.1 Å². The van der Waals surface area contributed by atoms with E-state index < -0.39 is 11.7 Å². The van der Waals surface area contributed by atoms with Crippen LogP contribution in [0.25, 0.3) is 11.4 Å². The molecule has 35 heavy (non-hydrogen) atoms. The zero-order valence-electron chi connectivity index (χ0n) is 18.5. The molecule has 0 unspecified atom stereocenters. The maximum Gasteiger partial charge on any atom is 0.416 e. The Hall–Kier alpha value is -3.67. The summed E-state index contributed by atoms with van der Waals surface area (Å²) in [5, 5.41) is 0. The number of alkyl halides is 3. The lowest BCUT2D eigenvalue weighted by Gasteiger charge is -2.27. The Bertz CT molecular complexity index is 1460. The first-order valence-electron chi connectivity index (χ1n) is 11.0. The number of rotatable bonds is 3. The minimum atomic E-state index is -4.41. The molecule has 0 amide bonds. The second kappa shape index (κ2) is 9.53. The van der Waals surface area contributed by atoms with E-state index in [9.17, 15) is 18.0 Å². The number of aromatic nitrogens is 2. The quantitative estimate of drug-likeness (QED) is 0.387. The number of halogens is 3. The molecule has 4 nitrogen and oxygen atoms in total. The number of hydrogen-bond acceptors (Lipinski definition) is 4. The van der Waals surface area contributed by atoms with E-state index >= 15 is 0 Å². The first kappa shape index (κ1) is 23.1. The minimum absolute atomic E-state index is 0.254. The van der Waals surface area contributed by atoms with Gasteiger partial charge in [0.2, 0.25) is 0 Å². The van der Waals surface area contributed by atoms with Gasteiger partial charge in [-0.25, -0.2) is 4.98 Å². The average Bonchev–Trinajstić information content (AvgIpc) is 3.30. The maximum absolute atomic E-state index is 12.8. The van der Waals surface area contributed by atoms with Crippen LogP contribution in [0.4, 0.5) is 13.2 Å². The van der Waals surface area contributed by atoms with E-state index in [1.807, 2.05) is 36.4 Å². The lowest BCUT2D eigenvalue weighted by molar-refractivity contribution is -0.137. The molecule has 1 N–H and O–H groups in total. The van der Waals surface area contributed by atoms with E-state index in [4.69, 9.17) is 0 Å². The maximum atomic E-state index is 12.8. The van der Waals surface area contributed by atoms with E-state index in [0.29, 0.717) is 36.3 Å². The van der Waals surface area contributed by atoms with Gasteiger partial charge in [0.05, 0.1) is 21.7 Å². The summed E-state index contributed by atoms with van der Waals surface area (Å²) < 4.78 is 38.5. The molecular weight excluding hydrogens is 471 g/mol. The van der Waals surface area contributed by atoms with Gasteiger partial charge in [-0.3, -0.25) is 9.69 Å². The van der Waals surface area contributed by atoms with Crippen LogP contribution in [0.5, 0.6) is 0 Å². The molecule has 2 aromatic heterocycles. The normalized spacial score (nSPS) is 13.7. The molecular formula is C27H20F3N3OS. The summed E-state index contributed by atoms with van der Waals surface area (Å²) in [6, 6.07) is 18.6. The highest BCUT2D eigenvalue weighted by Crippen LogP contribution is 2.30. The van der Waals surface area contributed by atoms with Crippen molar-refractivity contribution in [3.63, 3.8) is 0 Å². The van der Waals surface area contributed by atoms with Crippen molar-refractivity contribution in [2.75, 3.05) is 6.54 Å². The molecule has 8 heteroatoms. The second-order valence-corrected chi connectivity index (χ2v) is 9.43. The molecule has 2 aromatic carbocycles. The predicted molar refractivity (Wildman–Crippen MR) is 130 cm³/mol. The van der Waals surface area contributed by atoms with Crippen LogP contribution >= 0.6 is 11.3 Å². The van der Waals surface area contributed by atoms with Crippen molar-refractivity contribution < 1.29 is 13.2 Å². The molecule has 1 aliphatic heterocycles. The SMILES string of the molecule is O=c1[nH]c(-c2ccc(C(F)(F)F)cc2)nc2c1CN(Cc1ccc(C#Cc3ccccc3)s1)CC2. The largest absolute Gasteiger partial charge is 0.416 e. The summed E-state index contributed by atoms with van der Waals surface area (Å²) in [6.07, 6.45) is -3.81. The number of nitrogens with one attached hydrogen (secondary N) is 1. The van der Waals surface area contributed by atoms with Crippen LogP contribution in [0.3, 0.4) is 0 Å². The summed E-state index contributed by atoms with van der Waals surface area (Å²) in [4.78, 5) is 24.4. The zero-order chi connectivity index (χ0) is 24.4. The van der Waals surface area contributed by atoms with Gasteiger partial charge in [0.1, 0.15) is 5.82 Å². The number of aromatic amines is 1. The summed E-state index contributed by atoms with van der Waals surface area (Å²) in [7, 11) is 0. The van der Waals surface area contributed by atoms with Gasteiger partial charge in [-0.1, -0.05) is 42.2 Å². The molecule has 4 aromatic rings. The van der Waals surface area contributed by atoms with Gasteiger partial charge in [0, 0.05) is 42.1 Å². The van der Waals surface area contributed by atoms with E-state index in [2.05, 4.69) is 32.8 Å². The molecule has 176 valence electrons. The number of hydrogen-bond donors (Lipinski definition) is 1. The highest BCUT2D eigenvalue weighted by Gasteiger charge is 2.30. The van der Waals surface area contributed by atoms with Gasteiger partial charge in [0.25, 0.3) is 5.56 Å². The smallest absolute Gasteiger partial charge is 0.306 e. The molecule has 0 spiro atoms. The Morgan fingerprint density at radius 3 is 2.51 bits per heavy atom. The molecule has 0 bridgehead atoms. The van der Waals surface area contributed by atoms with Crippen molar-refractivity contribution >= 4 is 11.3 Å². The van der Waals surface area contributed by atoms with Crippen LogP contribution in [-0.4, -0.2) is 21.4 Å². The zero-order valence-corrected chi connectivity index (χ0v) is 19.3. The topological polar surface area (TPSA) is 49.0 Å². The fraction of sp³-hybridized carbons (Fsp3) is 0.185. The van der Waals surface area contributed by atoms with Gasteiger partial charge < -0.3 is 4.98 Å². The summed E-state index contributed by atoms with van der Waals surface area (Å²) >= 11 is 1.64. The Labute approximate surface area is 204 Å². The van der Waals surface area contributed by atoms with Gasteiger partial charge in [-0.2, -0.15) is 13.2 Å². The van der Waals surface area contributed by atoms with Crippen molar-refractivity contribution in [3.05, 3.63) is 109 Å². The standard InChI is InChI=1S/C27H20F3N3OS/c28-27(29,30)20-9-7-19(8-10-20)25-31-24-14-15-33(17-23(24)26(34)32-25)16-22-13-12-21(35-22)11-6-18-4-2-1-3-5-18/h1-5,7-10,12-13H,14-17H2,(H,31,32,34). The molecule has 0 aliphatic carbocycles. The first-order chi connectivity index (χ1) is 16.8. The monoisotopic (exact) mass is 491 g/mol. The van der Waals surface area contributed by atoms with E-state index in [0.717, 1.165) is 34.0 Å². The van der Waals surface area contributed by atoms with Crippen molar-refractivity contribution in [3.8, 4) is 23.2 Å². The van der Waals surface area contributed by atoms with Gasteiger partial charge in [0.15, 0.2) is 0 Å². The number of H-pyrrole nitrogens is 1. The number of fused-ring (bicyclic) bond motifs is 1. The minimum Gasteiger partial charge on any atom is -0.306 e. The van der Waals surface area contributed by atoms with Crippen LogP contribution in [0.1, 0.15) is 32.1 Å². The molecule has 0 saturated carbocycles. The second-order valence-electron chi connectivity index (χ2n) is 8.26. The third-order valence-electron chi connectivity index (χ3n) is 5.78. The number of thiophene rings is 1. The highest BCUT2D eigenvalue weighted by atomic mass is 32.1. The Morgan fingerprint density at radius 1 is 1.00 bits per heavy atom. The Kier molecular flexibility index (Phi) is 6.29. The van der Waals surface area contributed by atoms with Crippen LogP contribution in [0, 0.1) is 11.8 Å². The van der Waals surface area contributed by atoms with Gasteiger partial charge >= 0.3 is 6.18 Å². The van der Waals surface area contributed by atoms with Crippen molar-refractivity contribution in [2.24, 2.45) is 0 Å². The van der Waals surface area contributed by atoms with E-state index in [1.54, 1.807) is 11.3 Å². The van der Waals surface area contributed by atoms with Crippen LogP contribution in [0.2, 0.25) is 0 Å². The Balaban J connectivity index is 1.28. The summed E-state index contributed by atoms with van der Waals surface area (Å²) in [5.74, 6) is 6.65. The van der Waals surface area contributed by atoms with Gasteiger partial charge in [-0.05, 0) is 36.4 Å². The van der Waals surface area contributed by atoms with Crippen LogP contribution in [0.15, 0.2) is 71.5 Å². The average molecular weight is 492 g/mol. The van der Waals surface area contributed by atoms with Crippen molar-refractivity contribution in [2.45, 2.75) is 25.7 Å². The van der Waals surface area contributed by atoms with E-state index in [-0.39, 0.29) is 11.4 Å². The third kappa shape index (κ3) is 5.37. The lowest BCUT2D eigenvalue weighted by atomic mass is 10.1. The molecule has 0 atom stereocenters. The number of nitrogens with zero attached hydrogens (tertiary/aromatic N) is 2. The van der Waals surface area contributed by atoms with Crippen molar-refractivity contribution in [1.29, 1.82) is 0 Å². The fourth-order valence-electron chi connectivity index (χ4n) is 3.98. The molecule has 5 rings (SSSR count).